The zero-order valence-electron chi connectivity index (χ0n) is 14.3. The van der Waals surface area contributed by atoms with E-state index in [1.165, 1.54) is 12.8 Å². The van der Waals surface area contributed by atoms with Crippen molar-refractivity contribution in [3.8, 4) is 0 Å². The fraction of sp³-hybridized carbons (Fsp3) is 0.579. The number of carbonyl (C=O) groups excluding carboxylic acids is 2. The maximum atomic E-state index is 13.8. The summed E-state index contributed by atoms with van der Waals surface area (Å²) in [6, 6.07) is 3.28. The first-order chi connectivity index (χ1) is 12.0. The van der Waals surface area contributed by atoms with Crippen LogP contribution >= 0.6 is 0 Å². The maximum Gasteiger partial charge on any atom is 0.234 e. The highest BCUT2D eigenvalue weighted by Gasteiger charge is 2.28. The third-order valence-electron chi connectivity index (χ3n) is 5.24. The fourth-order valence-corrected chi connectivity index (χ4v) is 3.81. The first-order valence-corrected chi connectivity index (χ1v) is 9.04. The Balaban J connectivity index is 1.48. The van der Waals surface area contributed by atoms with Crippen molar-refractivity contribution in [2.45, 2.75) is 44.6 Å². The maximum absolute atomic E-state index is 13.8. The van der Waals surface area contributed by atoms with Gasteiger partial charge in [-0.3, -0.25) is 14.5 Å². The Morgan fingerprint density at radius 3 is 2.44 bits per heavy atom. The summed E-state index contributed by atoms with van der Waals surface area (Å²) in [6.45, 7) is 1.57. The molecule has 1 aromatic rings. The summed E-state index contributed by atoms with van der Waals surface area (Å²) in [5, 5.41) is 3.06. The summed E-state index contributed by atoms with van der Waals surface area (Å²) in [4.78, 5) is 26.5. The molecule has 2 aliphatic rings. The van der Waals surface area contributed by atoms with Gasteiger partial charge >= 0.3 is 0 Å². The van der Waals surface area contributed by atoms with E-state index in [1.54, 1.807) is 0 Å². The molecule has 2 fully saturated rings. The van der Waals surface area contributed by atoms with Crippen LogP contribution in [0.1, 0.15) is 48.9 Å². The molecule has 1 aliphatic carbocycles. The first-order valence-electron chi connectivity index (χ1n) is 9.04. The Kier molecular flexibility index (Phi) is 5.78. The van der Waals surface area contributed by atoms with Gasteiger partial charge in [0.15, 0.2) is 5.78 Å². The van der Waals surface area contributed by atoms with Crippen LogP contribution in [0.4, 0.5) is 8.78 Å². The van der Waals surface area contributed by atoms with E-state index in [0.29, 0.717) is 38.5 Å². The Hall–Kier alpha value is -1.82. The summed E-state index contributed by atoms with van der Waals surface area (Å²) in [7, 11) is 0. The van der Waals surface area contributed by atoms with Gasteiger partial charge in [0.1, 0.15) is 11.6 Å². The summed E-state index contributed by atoms with van der Waals surface area (Å²) < 4.78 is 27.0. The van der Waals surface area contributed by atoms with Crippen LogP contribution in [0, 0.1) is 17.6 Å². The summed E-state index contributed by atoms with van der Waals surface area (Å²) in [5.74, 6) is -1.90. The lowest BCUT2D eigenvalue weighted by Gasteiger charge is -2.31. The van der Waals surface area contributed by atoms with Crippen LogP contribution in [0.2, 0.25) is 0 Å². The van der Waals surface area contributed by atoms with Gasteiger partial charge in [0.25, 0.3) is 0 Å². The van der Waals surface area contributed by atoms with Crippen LogP contribution in [0.25, 0.3) is 0 Å². The average molecular weight is 350 g/mol. The second-order valence-electron chi connectivity index (χ2n) is 7.09. The lowest BCUT2D eigenvalue weighted by atomic mass is 9.88. The molecule has 0 bridgehead atoms. The second kappa shape index (κ2) is 8.04. The third-order valence-corrected chi connectivity index (χ3v) is 5.24. The van der Waals surface area contributed by atoms with Crippen molar-refractivity contribution in [3.63, 3.8) is 0 Å². The second-order valence-corrected chi connectivity index (χ2v) is 7.09. The molecule has 1 saturated carbocycles. The van der Waals surface area contributed by atoms with Crippen LogP contribution in [0.15, 0.2) is 18.2 Å². The van der Waals surface area contributed by atoms with E-state index in [1.807, 2.05) is 4.90 Å². The molecule has 0 aromatic heterocycles. The highest BCUT2D eigenvalue weighted by Crippen LogP contribution is 2.24. The molecule has 6 heteroatoms. The van der Waals surface area contributed by atoms with Crippen molar-refractivity contribution < 1.29 is 18.4 Å². The quantitative estimate of drug-likeness (QED) is 0.831. The molecule has 1 aromatic carbocycles. The summed E-state index contributed by atoms with van der Waals surface area (Å²) in [6.07, 6.45) is 5.59. The van der Waals surface area contributed by atoms with Gasteiger partial charge in [0.2, 0.25) is 5.91 Å². The van der Waals surface area contributed by atoms with Gasteiger partial charge in [-0.2, -0.15) is 0 Å². The molecule has 1 saturated heterocycles. The zero-order chi connectivity index (χ0) is 17.8. The van der Waals surface area contributed by atoms with Crippen molar-refractivity contribution >= 4 is 11.7 Å². The van der Waals surface area contributed by atoms with E-state index >= 15 is 0 Å². The van der Waals surface area contributed by atoms with E-state index in [0.717, 1.165) is 31.0 Å². The molecular weight excluding hydrogens is 326 g/mol. The topological polar surface area (TPSA) is 49.4 Å². The molecule has 3 rings (SSSR count). The molecule has 1 aliphatic heterocycles. The molecule has 0 unspecified atom stereocenters. The zero-order valence-corrected chi connectivity index (χ0v) is 14.3. The van der Waals surface area contributed by atoms with E-state index in [2.05, 4.69) is 5.32 Å². The number of nitrogens with one attached hydrogen (secondary N) is 1. The Morgan fingerprint density at radius 1 is 1.08 bits per heavy atom. The monoisotopic (exact) mass is 350 g/mol. The number of ketones is 1. The molecular formula is C19H24F2N2O2. The van der Waals surface area contributed by atoms with Crippen molar-refractivity contribution in [1.82, 2.24) is 10.2 Å². The Labute approximate surface area is 146 Å². The highest BCUT2D eigenvalue weighted by atomic mass is 19.1. The predicted octanol–water partition coefficient (Wildman–Crippen LogP) is 2.92. The molecule has 4 nitrogen and oxygen atoms in total. The number of likely N-dealkylation sites (tertiary alicyclic amines) is 1. The number of amides is 1. The number of hydrogen-bond donors (Lipinski definition) is 1. The van der Waals surface area contributed by atoms with Crippen LogP contribution in [-0.4, -0.2) is 42.3 Å². The number of piperidine rings is 1. The number of Topliss-reactive ketones (excluding diaryl/α,β-unsaturated/α-hetero) is 1. The molecule has 1 heterocycles. The van der Waals surface area contributed by atoms with Crippen LogP contribution < -0.4 is 5.32 Å². The predicted molar refractivity (Wildman–Crippen MR) is 90.3 cm³/mol. The minimum Gasteiger partial charge on any atom is -0.352 e. The first kappa shape index (κ1) is 18.0. The minimum atomic E-state index is -0.676. The molecule has 0 radical (unpaired) electrons. The van der Waals surface area contributed by atoms with E-state index in [-0.39, 0.29) is 23.2 Å². The Morgan fingerprint density at radius 2 is 1.76 bits per heavy atom. The number of nitrogens with zero attached hydrogens (tertiary/aromatic N) is 1. The highest BCUT2D eigenvalue weighted by molar-refractivity contribution is 5.98. The van der Waals surface area contributed by atoms with Gasteiger partial charge in [0.05, 0.1) is 12.1 Å². The van der Waals surface area contributed by atoms with Gasteiger partial charge in [-0.05, 0) is 57.0 Å². The van der Waals surface area contributed by atoms with Crippen molar-refractivity contribution in [3.05, 3.63) is 35.4 Å². The fourth-order valence-electron chi connectivity index (χ4n) is 3.81. The molecule has 0 spiro atoms. The number of rotatable bonds is 5. The largest absolute Gasteiger partial charge is 0.352 e. The number of carbonyl (C=O) groups is 2. The van der Waals surface area contributed by atoms with Gasteiger partial charge in [-0.1, -0.05) is 12.8 Å². The van der Waals surface area contributed by atoms with Crippen molar-refractivity contribution in [2.24, 2.45) is 5.92 Å². The van der Waals surface area contributed by atoms with Gasteiger partial charge in [-0.25, -0.2) is 8.78 Å². The number of hydrogen-bond acceptors (Lipinski definition) is 3. The van der Waals surface area contributed by atoms with Crippen LogP contribution in [0.3, 0.4) is 0 Å². The van der Waals surface area contributed by atoms with Crippen LogP contribution in [0.5, 0.6) is 0 Å². The van der Waals surface area contributed by atoms with E-state index in [9.17, 15) is 18.4 Å². The molecule has 136 valence electrons. The van der Waals surface area contributed by atoms with Gasteiger partial charge in [0, 0.05) is 12.0 Å². The normalized spacial score (nSPS) is 19.9. The molecule has 0 atom stereocenters. The number of halogens is 2. The van der Waals surface area contributed by atoms with Crippen LogP contribution in [-0.2, 0) is 4.79 Å². The lowest BCUT2D eigenvalue weighted by molar-refractivity contribution is -0.123. The van der Waals surface area contributed by atoms with Gasteiger partial charge in [-0.15, -0.1) is 0 Å². The van der Waals surface area contributed by atoms with E-state index < -0.39 is 11.6 Å². The summed E-state index contributed by atoms with van der Waals surface area (Å²) >= 11 is 0. The smallest absolute Gasteiger partial charge is 0.234 e. The third kappa shape index (κ3) is 4.63. The number of benzene rings is 1. The van der Waals surface area contributed by atoms with Crippen molar-refractivity contribution in [2.75, 3.05) is 19.6 Å². The van der Waals surface area contributed by atoms with Crippen molar-refractivity contribution in [1.29, 1.82) is 0 Å². The Bertz CT molecular complexity index is 636. The van der Waals surface area contributed by atoms with Gasteiger partial charge < -0.3 is 5.32 Å². The summed E-state index contributed by atoms with van der Waals surface area (Å²) in [5.41, 5.74) is -0.169. The molecule has 1 amide bonds. The minimum absolute atomic E-state index is 0.0350. The SMILES string of the molecule is O=C(CN1CCC(C(=O)c2cc(F)ccc2F)CC1)NC1CCCC1. The lowest BCUT2D eigenvalue weighted by Crippen LogP contribution is -2.44. The van der Waals surface area contributed by atoms with E-state index in [4.69, 9.17) is 0 Å². The molecule has 1 N–H and O–H groups in total. The average Bonchev–Trinajstić information content (AvgIpc) is 3.10. The molecule has 25 heavy (non-hydrogen) atoms. The standard InChI is InChI=1S/C19H24F2N2O2/c20-14-5-6-17(21)16(11-14)19(25)13-7-9-23(10-8-13)12-18(24)22-15-3-1-2-4-15/h5-6,11,13,15H,1-4,7-10,12H2,(H,22,24).